The molecule has 0 aliphatic carbocycles. The summed E-state index contributed by atoms with van der Waals surface area (Å²) in [5.74, 6) is -0.0382. The fourth-order valence-electron chi connectivity index (χ4n) is 4.32. The van der Waals surface area contributed by atoms with E-state index in [2.05, 4.69) is 38.2 Å². The first kappa shape index (κ1) is 19.8. The summed E-state index contributed by atoms with van der Waals surface area (Å²) >= 11 is 1.58. The van der Waals surface area contributed by atoms with Gasteiger partial charge >= 0.3 is 6.03 Å². The van der Waals surface area contributed by atoms with Crippen molar-refractivity contribution in [2.24, 2.45) is 0 Å². The molecule has 6 heteroatoms. The molecule has 1 spiro atoms. The van der Waals surface area contributed by atoms with Crippen LogP contribution in [0.2, 0.25) is 0 Å². The molecular weight excluding hydrogens is 382 g/mol. The van der Waals surface area contributed by atoms with Crippen LogP contribution in [0, 0.1) is 6.92 Å². The normalized spacial score (nSPS) is 22.3. The molecule has 29 heavy (non-hydrogen) atoms. The van der Waals surface area contributed by atoms with Gasteiger partial charge in [-0.3, -0.25) is 9.69 Å². The molecule has 1 saturated heterocycles. The van der Waals surface area contributed by atoms with Gasteiger partial charge in [-0.1, -0.05) is 42.5 Å². The summed E-state index contributed by atoms with van der Waals surface area (Å²) in [5.41, 5.74) is 4.05. The van der Waals surface area contributed by atoms with E-state index in [0.29, 0.717) is 19.6 Å². The van der Waals surface area contributed by atoms with Gasteiger partial charge in [0.15, 0.2) is 4.87 Å². The number of carbonyl (C=O) groups excluding carboxylic acids is 2. The molecule has 2 heterocycles. The van der Waals surface area contributed by atoms with Gasteiger partial charge in [-0.25, -0.2) is 4.79 Å². The van der Waals surface area contributed by atoms with E-state index >= 15 is 0 Å². The lowest BCUT2D eigenvalue weighted by Crippen LogP contribution is -2.53. The molecule has 2 aliphatic rings. The van der Waals surface area contributed by atoms with Crippen molar-refractivity contribution in [1.29, 1.82) is 0 Å². The van der Waals surface area contributed by atoms with Crippen LogP contribution in [0.15, 0.2) is 48.5 Å². The lowest BCUT2D eigenvalue weighted by molar-refractivity contribution is -0.123. The molecule has 0 radical (unpaired) electrons. The second-order valence-electron chi connectivity index (χ2n) is 8.26. The van der Waals surface area contributed by atoms with Crippen molar-refractivity contribution in [3.05, 3.63) is 65.2 Å². The van der Waals surface area contributed by atoms with Gasteiger partial charge in [-0.15, -0.1) is 11.8 Å². The number of amides is 3. The first-order valence-electron chi connectivity index (χ1n) is 10.0. The second kappa shape index (κ2) is 7.10. The molecular formula is C23H27N3O2S. The van der Waals surface area contributed by atoms with Crippen LogP contribution in [0.3, 0.4) is 0 Å². The Kier molecular flexibility index (Phi) is 4.85. The zero-order chi connectivity index (χ0) is 20.8. The maximum absolute atomic E-state index is 14.0. The van der Waals surface area contributed by atoms with Crippen molar-refractivity contribution < 1.29 is 9.59 Å². The minimum Gasteiger partial charge on any atom is -0.338 e. The average Bonchev–Trinajstić information content (AvgIpc) is 3.10. The zero-order valence-electron chi connectivity index (χ0n) is 17.4. The summed E-state index contributed by atoms with van der Waals surface area (Å²) < 4.78 is -0.230. The first-order chi connectivity index (χ1) is 13.8. The molecule has 152 valence electrons. The topological polar surface area (TPSA) is 52.7 Å². The van der Waals surface area contributed by atoms with Crippen molar-refractivity contribution >= 4 is 29.4 Å². The van der Waals surface area contributed by atoms with Crippen LogP contribution in [0.5, 0.6) is 0 Å². The average molecular weight is 410 g/mol. The van der Waals surface area contributed by atoms with Crippen LogP contribution in [0.4, 0.5) is 10.5 Å². The Morgan fingerprint density at radius 3 is 2.55 bits per heavy atom. The van der Waals surface area contributed by atoms with E-state index in [9.17, 15) is 9.59 Å². The summed E-state index contributed by atoms with van der Waals surface area (Å²) in [6, 6.07) is 15.8. The van der Waals surface area contributed by atoms with Crippen LogP contribution < -0.4 is 10.2 Å². The summed E-state index contributed by atoms with van der Waals surface area (Å²) in [4.78, 5) is 29.5. The molecule has 0 bridgehead atoms. The second-order valence-corrected chi connectivity index (χ2v) is 10.2. The number of aryl methyl sites for hydroxylation is 1. The van der Waals surface area contributed by atoms with E-state index < -0.39 is 4.87 Å². The lowest BCUT2D eigenvalue weighted by Gasteiger charge is -2.33. The van der Waals surface area contributed by atoms with Gasteiger partial charge < -0.3 is 10.2 Å². The highest BCUT2D eigenvalue weighted by Gasteiger charge is 2.63. The van der Waals surface area contributed by atoms with Crippen molar-refractivity contribution in [2.45, 2.75) is 43.9 Å². The molecule has 3 amide bonds. The Hall–Kier alpha value is -2.47. The number of nitrogens with zero attached hydrogens (tertiary/aromatic N) is 2. The number of nitrogens with one attached hydrogen (secondary N) is 1. The van der Waals surface area contributed by atoms with Crippen LogP contribution in [0.25, 0.3) is 0 Å². The molecule has 5 nitrogen and oxygen atoms in total. The third-order valence-electron chi connectivity index (χ3n) is 5.60. The van der Waals surface area contributed by atoms with E-state index in [1.165, 1.54) is 0 Å². The highest BCUT2D eigenvalue weighted by atomic mass is 32.2. The minimum atomic E-state index is -1.03. The third kappa shape index (κ3) is 3.10. The van der Waals surface area contributed by atoms with E-state index in [4.69, 9.17) is 0 Å². The van der Waals surface area contributed by atoms with Gasteiger partial charge in [0, 0.05) is 23.4 Å². The molecule has 0 saturated carbocycles. The van der Waals surface area contributed by atoms with Crippen LogP contribution in [-0.4, -0.2) is 34.7 Å². The van der Waals surface area contributed by atoms with Crippen molar-refractivity contribution in [3.63, 3.8) is 0 Å². The maximum Gasteiger partial charge on any atom is 0.319 e. The number of para-hydroxylation sites is 1. The predicted octanol–water partition coefficient (Wildman–Crippen LogP) is 4.25. The number of thioether (sulfide) groups is 1. The van der Waals surface area contributed by atoms with Gasteiger partial charge in [-0.05, 0) is 44.9 Å². The van der Waals surface area contributed by atoms with Gasteiger partial charge in [0.05, 0.1) is 12.2 Å². The van der Waals surface area contributed by atoms with Crippen molar-refractivity contribution in [3.8, 4) is 0 Å². The molecule has 2 aromatic rings. The van der Waals surface area contributed by atoms with Crippen molar-refractivity contribution in [1.82, 2.24) is 10.2 Å². The Morgan fingerprint density at radius 1 is 1.14 bits per heavy atom. The summed E-state index contributed by atoms with van der Waals surface area (Å²) in [6.07, 6.45) is 0. The smallest absolute Gasteiger partial charge is 0.319 e. The van der Waals surface area contributed by atoms with E-state index in [1.54, 1.807) is 16.7 Å². The van der Waals surface area contributed by atoms with Crippen molar-refractivity contribution in [2.75, 3.05) is 18.0 Å². The fraction of sp³-hybridized carbons (Fsp3) is 0.391. The molecule has 4 rings (SSSR count). The largest absolute Gasteiger partial charge is 0.338 e. The van der Waals surface area contributed by atoms with E-state index in [1.807, 2.05) is 48.2 Å². The van der Waals surface area contributed by atoms with E-state index in [-0.39, 0.29) is 16.7 Å². The molecule has 1 unspecified atom stereocenters. The lowest BCUT2D eigenvalue weighted by atomic mass is 10.1. The molecule has 1 atom stereocenters. The fourth-order valence-corrected chi connectivity index (χ4v) is 6.05. The summed E-state index contributed by atoms with van der Waals surface area (Å²) in [7, 11) is 0. The van der Waals surface area contributed by atoms with Crippen LogP contribution >= 0.6 is 11.8 Å². The number of anilines is 1. The van der Waals surface area contributed by atoms with Gasteiger partial charge in [0.25, 0.3) is 5.91 Å². The van der Waals surface area contributed by atoms with Gasteiger partial charge in [0.2, 0.25) is 0 Å². The predicted molar refractivity (Wildman–Crippen MR) is 118 cm³/mol. The van der Waals surface area contributed by atoms with E-state index in [0.717, 1.165) is 22.4 Å². The molecule has 2 aromatic carbocycles. The number of hydrogen-bond acceptors (Lipinski definition) is 3. The Morgan fingerprint density at radius 2 is 1.83 bits per heavy atom. The SMILES string of the molecule is CCNC(=O)N1CC(C)(C)SC12C(=O)N(Cc1ccccc1C)c1ccccc12. The first-order valence-corrected chi connectivity index (χ1v) is 10.8. The number of fused-ring (bicyclic) bond motifs is 2. The van der Waals surface area contributed by atoms with Crippen LogP contribution in [-0.2, 0) is 16.2 Å². The van der Waals surface area contributed by atoms with Gasteiger partial charge in [0.1, 0.15) is 0 Å². The molecule has 2 aliphatic heterocycles. The third-order valence-corrected chi connectivity index (χ3v) is 7.19. The Labute approximate surface area is 176 Å². The number of benzene rings is 2. The number of urea groups is 1. The minimum absolute atomic E-state index is 0.0382. The summed E-state index contributed by atoms with van der Waals surface area (Å²) in [5, 5.41) is 2.90. The highest BCUT2D eigenvalue weighted by molar-refractivity contribution is 8.02. The Balaban J connectivity index is 1.83. The number of carbonyl (C=O) groups is 2. The number of rotatable bonds is 3. The van der Waals surface area contributed by atoms with Crippen LogP contribution in [0.1, 0.15) is 37.5 Å². The monoisotopic (exact) mass is 409 g/mol. The molecule has 0 aromatic heterocycles. The zero-order valence-corrected chi connectivity index (χ0v) is 18.2. The molecule has 1 N–H and O–H groups in total. The highest BCUT2D eigenvalue weighted by Crippen LogP contribution is 2.59. The number of hydrogen-bond donors (Lipinski definition) is 1. The maximum atomic E-state index is 14.0. The Bertz CT molecular complexity index is 974. The quantitative estimate of drug-likeness (QED) is 0.824. The molecule has 1 fully saturated rings. The summed E-state index contributed by atoms with van der Waals surface area (Å²) in [6.45, 7) is 9.69. The van der Waals surface area contributed by atoms with Gasteiger partial charge in [-0.2, -0.15) is 0 Å². The standard InChI is InChI=1S/C23H27N3O2S/c1-5-24-21(28)26-15-22(3,4)29-23(26)18-12-8-9-13-19(18)25(20(23)27)14-17-11-7-6-10-16(17)2/h6-13H,5,14-15H2,1-4H3,(H,24,28).